The molecule has 0 heterocycles. The third kappa shape index (κ3) is 7.07. The van der Waals surface area contributed by atoms with E-state index in [1.165, 1.54) is 13.0 Å². The van der Waals surface area contributed by atoms with Gasteiger partial charge < -0.3 is 14.8 Å². The van der Waals surface area contributed by atoms with Crippen molar-refractivity contribution in [3.8, 4) is 5.75 Å². The van der Waals surface area contributed by atoms with Crippen LogP contribution in [0.3, 0.4) is 0 Å². The molecule has 0 fully saturated rings. The van der Waals surface area contributed by atoms with Gasteiger partial charge in [-0.05, 0) is 42.7 Å². The van der Waals surface area contributed by atoms with Crippen molar-refractivity contribution in [1.82, 2.24) is 5.32 Å². The van der Waals surface area contributed by atoms with Gasteiger partial charge in [0.25, 0.3) is 5.91 Å². The molecule has 0 saturated heterocycles. The molecule has 1 amide bonds. The lowest BCUT2D eigenvalue weighted by molar-refractivity contribution is -0.144. The van der Waals surface area contributed by atoms with Crippen LogP contribution in [-0.2, 0) is 25.5 Å². The Labute approximate surface area is 164 Å². The fourth-order valence-corrected chi connectivity index (χ4v) is 2.45. The number of methoxy groups -OCH3 is 1. The predicted molar refractivity (Wildman–Crippen MR) is 106 cm³/mol. The average Bonchev–Trinajstić information content (AvgIpc) is 2.71. The molecule has 0 aliphatic carbocycles. The summed E-state index contributed by atoms with van der Waals surface area (Å²) >= 11 is 0. The van der Waals surface area contributed by atoms with Gasteiger partial charge in [0, 0.05) is 6.08 Å². The summed E-state index contributed by atoms with van der Waals surface area (Å²) in [5, 5.41) is 2.60. The van der Waals surface area contributed by atoms with Gasteiger partial charge >= 0.3 is 5.97 Å². The molecule has 0 unspecified atom stereocenters. The second-order valence-corrected chi connectivity index (χ2v) is 6.13. The zero-order valence-corrected chi connectivity index (χ0v) is 15.9. The highest BCUT2D eigenvalue weighted by Crippen LogP contribution is 2.12. The zero-order valence-electron chi connectivity index (χ0n) is 15.9. The van der Waals surface area contributed by atoms with Gasteiger partial charge in [-0.15, -0.1) is 0 Å². The number of nitrogens with one attached hydrogen (secondary N) is 1. The summed E-state index contributed by atoms with van der Waals surface area (Å²) in [6.07, 6.45) is 3.20. The highest BCUT2D eigenvalue weighted by atomic mass is 16.5. The van der Waals surface area contributed by atoms with E-state index in [9.17, 15) is 14.4 Å². The molecular weight excluding hydrogens is 358 g/mol. The smallest absolute Gasteiger partial charge is 0.331 e. The number of rotatable bonds is 9. The highest BCUT2D eigenvalue weighted by Gasteiger charge is 2.18. The first-order valence-corrected chi connectivity index (χ1v) is 8.80. The van der Waals surface area contributed by atoms with Crippen molar-refractivity contribution >= 4 is 23.7 Å². The Balaban J connectivity index is 1.81. The first kappa shape index (κ1) is 20.9. The largest absolute Gasteiger partial charge is 0.497 e. The fourth-order valence-electron chi connectivity index (χ4n) is 2.45. The molecule has 1 N–H and O–H groups in total. The molecule has 6 nitrogen and oxygen atoms in total. The lowest BCUT2D eigenvalue weighted by Crippen LogP contribution is -2.43. The molecule has 146 valence electrons. The maximum Gasteiger partial charge on any atom is 0.331 e. The van der Waals surface area contributed by atoms with Crippen molar-refractivity contribution in [2.75, 3.05) is 13.7 Å². The molecule has 0 aromatic heterocycles. The maximum absolute atomic E-state index is 12.0. The minimum atomic E-state index is -0.663. The van der Waals surface area contributed by atoms with Crippen LogP contribution >= 0.6 is 0 Å². The topological polar surface area (TPSA) is 81.7 Å². The minimum absolute atomic E-state index is 0.164. The van der Waals surface area contributed by atoms with E-state index in [0.717, 1.165) is 11.1 Å². The summed E-state index contributed by atoms with van der Waals surface area (Å²) in [5.41, 5.74) is 1.73. The van der Waals surface area contributed by atoms with Crippen molar-refractivity contribution in [1.29, 1.82) is 0 Å². The van der Waals surface area contributed by atoms with Gasteiger partial charge in [-0.2, -0.15) is 0 Å². The maximum atomic E-state index is 12.0. The number of hydrogen-bond acceptors (Lipinski definition) is 5. The quantitative estimate of drug-likeness (QED) is 0.533. The van der Waals surface area contributed by atoms with Gasteiger partial charge in [0.2, 0.25) is 0 Å². The number of ether oxygens (including phenoxy) is 2. The lowest BCUT2D eigenvalue weighted by Gasteiger charge is -2.16. The van der Waals surface area contributed by atoms with Crippen LogP contribution in [0.4, 0.5) is 0 Å². The normalized spacial score (nSPS) is 11.6. The lowest BCUT2D eigenvalue weighted by atomic mass is 10.0. The molecule has 6 heteroatoms. The van der Waals surface area contributed by atoms with E-state index in [1.54, 1.807) is 37.5 Å². The molecule has 0 saturated carbocycles. The Kier molecular flexibility index (Phi) is 7.96. The molecule has 0 bridgehead atoms. The van der Waals surface area contributed by atoms with Gasteiger partial charge in [0.15, 0.2) is 12.4 Å². The zero-order chi connectivity index (χ0) is 20.4. The van der Waals surface area contributed by atoms with E-state index in [0.29, 0.717) is 12.2 Å². The molecule has 0 radical (unpaired) electrons. The van der Waals surface area contributed by atoms with Crippen molar-refractivity contribution in [2.24, 2.45) is 0 Å². The van der Waals surface area contributed by atoms with E-state index < -0.39 is 24.5 Å². The third-order valence-corrected chi connectivity index (χ3v) is 3.98. The summed E-state index contributed by atoms with van der Waals surface area (Å²) in [6.45, 7) is 0.960. The van der Waals surface area contributed by atoms with E-state index in [4.69, 9.17) is 9.47 Å². The van der Waals surface area contributed by atoms with Gasteiger partial charge in [-0.25, -0.2) is 4.79 Å². The standard InChI is InChI=1S/C22H23NO5/c1-16(24)20(14-18-6-4-3-5-7-18)23-21(25)15-28-22(26)13-10-17-8-11-19(27-2)12-9-17/h3-13,20H,14-15H2,1-2H3,(H,23,25)/b13-10+/t20-/m1/s1. The number of carbonyl (C=O) groups is 3. The van der Waals surface area contributed by atoms with Crippen LogP contribution in [0, 0.1) is 0 Å². The summed E-state index contributed by atoms with van der Waals surface area (Å²) in [4.78, 5) is 35.6. The van der Waals surface area contributed by atoms with Crippen molar-refractivity contribution in [3.05, 3.63) is 71.8 Å². The molecular formula is C22H23NO5. The number of carbonyl (C=O) groups excluding carboxylic acids is 3. The molecule has 2 aromatic carbocycles. The number of Topliss-reactive ketones (excluding diaryl/α,β-unsaturated/α-hetero) is 1. The van der Waals surface area contributed by atoms with Crippen LogP contribution in [0.25, 0.3) is 6.08 Å². The van der Waals surface area contributed by atoms with E-state index in [2.05, 4.69) is 5.32 Å². The SMILES string of the molecule is COc1ccc(/C=C/C(=O)OCC(=O)N[C@H](Cc2ccccc2)C(C)=O)cc1. The fraction of sp³-hybridized carbons (Fsp3) is 0.227. The van der Waals surface area contributed by atoms with Crippen LogP contribution < -0.4 is 10.1 Å². The van der Waals surface area contributed by atoms with Crippen molar-refractivity contribution in [2.45, 2.75) is 19.4 Å². The third-order valence-electron chi connectivity index (χ3n) is 3.98. The number of amides is 1. The first-order valence-electron chi connectivity index (χ1n) is 8.80. The summed E-state index contributed by atoms with van der Waals surface area (Å²) in [7, 11) is 1.57. The molecule has 0 aliphatic rings. The Bertz CT molecular complexity index is 828. The van der Waals surface area contributed by atoms with Gasteiger partial charge in [0.05, 0.1) is 13.2 Å². The number of benzene rings is 2. The van der Waals surface area contributed by atoms with E-state index in [1.807, 2.05) is 30.3 Å². The Morgan fingerprint density at radius 3 is 2.32 bits per heavy atom. The van der Waals surface area contributed by atoms with Crippen molar-refractivity contribution in [3.63, 3.8) is 0 Å². The van der Waals surface area contributed by atoms with Crippen LogP contribution in [0.15, 0.2) is 60.7 Å². The van der Waals surface area contributed by atoms with Crippen LogP contribution in [0.1, 0.15) is 18.1 Å². The highest BCUT2D eigenvalue weighted by molar-refractivity contribution is 5.91. The van der Waals surface area contributed by atoms with Crippen LogP contribution in [0.2, 0.25) is 0 Å². The average molecular weight is 381 g/mol. The van der Waals surface area contributed by atoms with Crippen LogP contribution in [0.5, 0.6) is 5.75 Å². The van der Waals surface area contributed by atoms with Gasteiger partial charge in [-0.1, -0.05) is 42.5 Å². The molecule has 0 aliphatic heterocycles. The Hall–Kier alpha value is -3.41. The molecule has 2 aromatic rings. The van der Waals surface area contributed by atoms with Gasteiger partial charge in [-0.3, -0.25) is 9.59 Å². The Morgan fingerprint density at radius 1 is 1.04 bits per heavy atom. The number of ketones is 1. The summed E-state index contributed by atoms with van der Waals surface area (Å²) in [5.74, 6) is -0.620. The second-order valence-electron chi connectivity index (χ2n) is 6.13. The first-order chi connectivity index (χ1) is 13.5. The predicted octanol–water partition coefficient (Wildman–Crippen LogP) is 2.57. The number of hydrogen-bond donors (Lipinski definition) is 1. The monoisotopic (exact) mass is 381 g/mol. The minimum Gasteiger partial charge on any atom is -0.497 e. The van der Waals surface area contributed by atoms with Crippen LogP contribution in [-0.4, -0.2) is 37.4 Å². The van der Waals surface area contributed by atoms with Gasteiger partial charge in [0.1, 0.15) is 5.75 Å². The van der Waals surface area contributed by atoms with E-state index in [-0.39, 0.29) is 5.78 Å². The molecule has 28 heavy (non-hydrogen) atoms. The molecule has 2 rings (SSSR count). The summed E-state index contributed by atoms with van der Waals surface area (Å²) < 4.78 is 9.99. The van der Waals surface area contributed by atoms with E-state index >= 15 is 0 Å². The summed E-state index contributed by atoms with van der Waals surface area (Å²) in [6, 6.07) is 15.8. The Morgan fingerprint density at radius 2 is 1.71 bits per heavy atom. The molecule has 1 atom stereocenters. The van der Waals surface area contributed by atoms with Crippen molar-refractivity contribution < 1.29 is 23.9 Å². The second kappa shape index (κ2) is 10.7. The number of esters is 1. The molecule has 0 spiro atoms.